The van der Waals surface area contributed by atoms with Crippen LogP contribution in [0.3, 0.4) is 0 Å². The minimum absolute atomic E-state index is 0.225. The van der Waals surface area contributed by atoms with Gasteiger partial charge in [0.2, 0.25) is 0 Å². The van der Waals surface area contributed by atoms with Crippen LogP contribution >= 0.6 is 23.2 Å². The zero-order chi connectivity index (χ0) is 23.2. The molecule has 2 amide bonds. The Balaban J connectivity index is 1.89. The summed E-state index contributed by atoms with van der Waals surface area (Å²) in [4.78, 5) is 28.5. The lowest BCUT2D eigenvalue weighted by molar-refractivity contribution is -0.120. The maximum absolute atomic E-state index is 13.7. The van der Waals surface area contributed by atoms with Gasteiger partial charge in [-0.1, -0.05) is 47.5 Å². The number of nitrogens with zero attached hydrogens (tertiary/aromatic N) is 1. The van der Waals surface area contributed by atoms with Gasteiger partial charge in [-0.15, -0.1) is 0 Å². The number of amides is 2. The van der Waals surface area contributed by atoms with E-state index in [-0.39, 0.29) is 5.70 Å². The summed E-state index contributed by atoms with van der Waals surface area (Å²) in [6, 6.07) is 16.3. The summed E-state index contributed by atoms with van der Waals surface area (Å²) in [7, 11) is 0. The van der Waals surface area contributed by atoms with Crippen LogP contribution in [0.2, 0.25) is 10.0 Å². The van der Waals surface area contributed by atoms with E-state index < -0.39 is 11.8 Å². The molecule has 1 heterocycles. The molecule has 0 saturated carbocycles. The number of imide groups is 1. The Morgan fingerprint density at radius 2 is 1.53 bits per heavy atom. The van der Waals surface area contributed by atoms with Crippen LogP contribution in [-0.4, -0.2) is 11.8 Å². The van der Waals surface area contributed by atoms with Crippen LogP contribution in [0.15, 0.2) is 60.3 Å². The zero-order valence-electron chi connectivity index (χ0n) is 18.2. The van der Waals surface area contributed by atoms with Gasteiger partial charge in [0.05, 0.1) is 11.3 Å². The summed E-state index contributed by atoms with van der Waals surface area (Å²) in [5.74, 6) is -0.819. The number of benzene rings is 3. The van der Waals surface area contributed by atoms with E-state index >= 15 is 0 Å². The minimum Gasteiger partial charge on any atom is -0.350 e. The van der Waals surface area contributed by atoms with E-state index in [0.717, 1.165) is 16.7 Å². The van der Waals surface area contributed by atoms with Crippen LogP contribution in [0, 0.1) is 27.7 Å². The highest BCUT2D eigenvalue weighted by atomic mass is 35.5. The predicted octanol–water partition coefficient (Wildman–Crippen LogP) is 6.62. The van der Waals surface area contributed by atoms with Crippen LogP contribution in [0.1, 0.15) is 27.8 Å². The first-order valence-corrected chi connectivity index (χ1v) is 10.9. The average molecular weight is 465 g/mol. The summed E-state index contributed by atoms with van der Waals surface area (Å²) < 4.78 is 0. The molecule has 0 fully saturated rings. The fourth-order valence-corrected chi connectivity index (χ4v) is 4.17. The molecule has 32 heavy (non-hydrogen) atoms. The Morgan fingerprint density at radius 3 is 2.22 bits per heavy atom. The van der Waals surface area contributed by atoms with Gasteiger partial charge in [-0.2, -0.15) is 0 Å². The third-order valence-electron chi connectivity index (χ3n) is 5.81. The largest absolute Gasteiger partial charge is 0.350 e. The number of hydrogen-bond donors (Lipinski definition) is 1. The molecule has 0 unspecified atom stereocenters. The molecule has 0 aliphatic carbocycles. The summed E-state index contributed by atoms with van der Waals surface area (Å²) in [5, 5.41) is 4.30. The molecule has 1 aliphatic heterocycles. The maximum Gasteiger partial charge on any atom is 0.282 e. The minimum atomic E-state index is -0.428. The molecule has 162 valence electrons. The molecular weight excluding hydrogens is 443 g/mol. The van der Waals surface area contributed by atoms with Crippen molar-refractivity contribution < 1.29 is 9.59 Å². The van der Waals surface area contributed by atoms with E-state index in [2.05, 4.69) is 5.32 Å². The van der Waals surface area contributed by atoms with Crippen molar-refractivity contribution in [2.24, 2.45) is 0 Å². The molecule has 0 bridgehead atoms. The first-order chi connectivity index (χ1) is 15.2. The summed E-state index contributed by atoms with van der Waals surface area (Å²) in [6.07, 6.45) is 0. The van der Waals surface area contributed by atoms with Crippen molar-refractivity contribution >= 4 is 52.0 Å². The quantitative estimate of drug-likeness (QED) is 0.441. The second-order valence-electron chi connectivity index (χ2n) is 7.96. The molecule has 0 saturated heterocycles. The van der Waals surface area contributed by atoms with Crippen LogP contribution in [0.5, 0.6) is 0 Å². The number of carbonyl (C=O) groups is 2. The number of halogens is 2. The van der Waals surface area contributed by atoms with Gasteiger partial charge in [0, 0.05) is 15.7 Å². The van der Waals surface area contributed by atoms with Gasteiger partial charge in [-0.25, -0.2) is 4.90 Å². The van der Waals surface area contributed by atoms with Crippen LogP contribution in [0.25, 0.3) is 5.57 Å². The Bertz CT molecular complexity index is 1310. The Kier molecular flexibility index (Phi) is 5.85. The molecule has 0 radical (unpaired) electrons. The monoisotopic (exact) mass is 464 g/mol. The summed E-state index contributed by atoms with van der Waals surface area (Å²) in [5.41, 5.74) is 6.08. The first kappa shape index (κ1) is 22.1. The van der Waals surface area contributed by atoms with Gasteiger partial charge >= 0.3 is 0 Å². The highest BCUT2D eigenvalue weighted by Gasteiger charge is 2.41. The highest BCUT2D eigenvalue weighted by Crippen LogP contribution is 2.37. The summed E-state index contributed by atoms with van der Waals surface area (Å²) in [6.45, 7) is 7.68. The second kappa shape index (κ2) is 8.45. The van der Waals surface area contributed by atoms with Crippen molar-refractivity contribution in [2.45, 2.75) is 27.7 Å². The van der Waals surface area contributed by atoms with Gasteiger partial charge in [0.15, 0.2) is 0 Å². The fourth-order valence-electron chi connectivity index (χ4n) is 3.77. The van der Waals surface area contributed by atoms with E-state index in [1.807, 2.05) is 39.0 Å². The standard InChI is InChI=1S/C26H22Cl2N2O2/c1-14-8-9-18(12-15(14)2)23-24(29-21-11-10-19(27)13-16(21)3)26(32)30(25(23)31)22-7-5-6-20(28)17(22)4/h5-13,29H,1-4H3. The molecule has 0 aromatic heterocycles. The van der Waals surface area contributed by atoms with Crippen molar-refractivity contribution in [2.75, 3.05) is 10.2 Å². The Morgan fingerprint density at radius 1 is 0.781 bits per heavy atom. The highest BCUT2D eigenvalue weighted by molar-refractivity contribution is 6.46. The Labute approximate surface area is 197 Å². The van der Waals surface area contributed by atoms with Crippen molar-refractivity contribution in [3.05, 3.63) is 98.2 Å². The van der Waals surface area contributed by atoms with Crippen LogP contribution in [0.4, 0.5) is 11.4 Å². The van der Waals surface area contributed by atoms with Crippen LogP contribution < -0.4 is 10.2 Å². The molecule has 0 atom stereocenters. The van der Waals surface area contributed by atoms with E-state index in [9.17, 15) is 9.59 Å². The van der Waals surface area contributed by atoms with Crippen molar-refractivity contribution in [1.29, 1.82) is 0 Å². The number of carbonyl (C=O) groups excluding carboxylic acids is 2. The number of anilines is 2. The summed E-state index contributed by atoms with van der Waals surface area (Å²) >= 11 is 12.4. The second-order valence-corrected chi connectivity index (χ2v) is 8.81. The normalized spacial score (nSPS) is 13.9. The third kappa shape index (κ3) is 3.81. The molecule has 0 spiro atoms. The maximum atomic E-state index is 13.7. The lowest BCUT2D eigenvalue weighted by Gasteiger charge is -2.18. The molecule has 1 aliphatic rings. The number of nitrogens with one attached hydrogen (secondary N) is 1. The van der Waals surface area contributed by atoms with Crippen molar-refractivity contribution in [3.63, 3.8) is 0 Å². The molecule has 3 aromatic carbocycles. The number of aryl methyl sites for hydroxylation is 3. The fraction of sp³-hybridized carbons (Fsp3) is 0.154. The van der Waals surface area contributed by atoms with E-state index in [0.29, 0.717) is 38.1 Å². The van der Waals surface area contributed by atoms with Gasteiger partial charge in [-0.3, -0.25) is 9.59 Å². The third-order valence-corrected chi connectivity index (χ3v) is 6.45. The van der Waals surface area contributed by atoms with Crippen molar-refractivity contribution in [3.8, 4) is 0 Å². The van der Waals surface area contributed by atoms with Crippen LogP contribution in [-0.2, 0) is 9.59 Å². The molecule has 1 N–H and O–H groups in total. The molecule has 4 nitrogen and oxygen atoms in total. The SMILES string of the molecule is Cc1ccc(C2=C(Nc3ccc(Cl)cc3C)C(=O)N(c3cccc(Cl)c3C)C2=O)cc1C. The average Bonchev–Trinajstić information content (AvgIpc) is 2.98. The molecular formula is C26H22Cl2N2O2. The first-order valence-electron chi connectivity index (χ1n) is 10.2. The van der Waals surface area contributed by atoms with Crippen molar-refractivity contribution in [1.82, 2.24) is 0 Å². The van der Waals surface area contributed by atoms with Gasteiger partial charge in [-0.05, 0) is 85.8 Å². The Hall–Kier alpha value is -3.08. The van der Waals surface area contributed by atoms with Gasteiger partial charge in [0.1, 0.15) is 5.70 Å². The van der Waals surface area contributed by atoms with Gasteiger partial charge in [0.25, 0.3) is 11.8 Å². The van der Waals surface area contributed by atoms with E-state index in [1.54, 1.807) is 43.3 Å². The van der Waals surface area contributed by atoms with Gasteiger partial charge < -0.3 is 5.32 Å². The smallest absolute Gasteiger partial charge is 0.282 e. The number of hydrogen-bond acceptors (Lipinski definition) is 3. The molecule has 6 heteroatoms. The topological polar surface area (TPSA) is 49.4 Å². The van der Waals surface area contributed by atoms with E-state index in [4.69, 9.17) is 23.2 Å². The lowest BCUT2D eigenvalue weighted by atomic mass is 9.99. The number of rotatable bonds is 4. The van der Waals surface area contributed by atoms with E-state index in [1.165, 1.54) is 4.90 Å². The molecule has 4 rings (SSSR count). The zero-order valence-corrected chi connectivity index (χ0v) is 19.7. The lowest BCUT2D eigenvalue weighted by Crippen LogP contribution is -2.33. The predicted molar refractivity (Wildman–Crippen MR) is 131 cm³/mol. The molecule has 3 aromatic rings.